The lowest BCUT2D eigenvalue weighted by Gasteiger charge is -2.49. The first kappa shape index (κ1) is 37.6. The molecule has 0 fully saturated rings. The largest absolute Gasteiger partial charge is 1.00 e. The lowest BCUT2D eigenvalue weighted by molar-refractivity contribution is -0.937. The summed E-state index contributed by atoms with van der Waals surface area (Å²) in [5.41, 5.74) is 12.1. The monoisotopic (exact) mass is 896 g/mol. The van der Waals surface area contributed by atoms with Crippen LogP contribution in [0.1, 0.15) is 95.1 Å². The fourth-order valence-electron chi connectivity index (χ4n) is 9.58. The number of benzene rings is 4. The van der Waals surface area contributed by atoms with Crippen molar-refractivity contribution in [3.63, 3.8) is 0 Å². The van der Waals surface area contributed by atoms with Gasteiger partial charge in [0.15, 0.2) is 0 Å². The van der Waals surface area contributed by atoms with Crippen LogP contribution < -0.4 is 57.4 Å². The molecule has 8 rings (SSSR count). The van der Waals surface area contributed by atoms with Crippen molar-refractivity contribution in [1.29, 1.82) is 0 Å². The van der Waals surface area contributed by atoms with Crippen LogP contribution in [0, 0.1) is 0 Å². The van der Waals surface area contributed by atoms with Crippen molar-refractivity contribution < 1.29 is 66.4 Å². The van der Waals surface area contributed by atoms with Crippen LogP contribution in [0.15, 0.2) is 84.9 Å². The molecule has 4 aromatic rings. The maximum Gasteiger partial charge on any atom is 0.141 e. The highest BCUT2D eigenvalue weighted by molar-refractivity contribution is 5.46. The Hall–Kier alpha value is -2.14. The molecule has 0 saturated heterocycles. The SMILES string of the molecule is C[N+]12CCc3ccccc3C1c1ccc(OCCCCCCCCOc3ccc4c(c3)CC[N+]3(C)CCc5ccccc5C43)cc1CC2.[I-].[I-]. The molecule has 0 amide bonds. The van der Waals surface area contributed by atoms with Gasteiger partial charge in [-0.15, -0.1) is 0 Å². The van der Waals surface area contributed by atoms with Crippen molar-refractivity contribution in [1.82, 2.24) is 0 Å². The maximum absolute atomic E-state index is 6.26. The molecule has 0 N–H and O–H groups in total. The van der Waals surface area contributed by atoms with Gasteiger partial charge in [0, 0.05) is 47.9 Å². The number of nitrogens with zero attached hydrogens (tertiary/aromatic N) is 2. The molecule has 4 aliphatic heterocycles. The summed E-state index contributed by atoms with van der Waals surface area (Å²) in [4.78, 5) is 0. The van der Waals surface area contributed by atoms with Gasteiger partial charge < -0.3 is 66.4 Å². The van der Waals surface area contributed by atoms with Crippen molar-refractivity contribution in [3.8, 4) is 11.5 Å². The van der Waals surface area contributed by atoms with E-state index in [0.717, 1.165) is 59.4 Å². The second kappa shape index (κ2) is 16.3. The van der Waals surface area contributed by atoms with Gasteiger partial charge in [-0.1, -0.05) is 74.2 Å². The number of quaternary nitrogens is 2. The predicted octanol–water partition coefficient (Wildman–Crippen LogP) is 2.79. The van der Waals surface area contributed by atoms with Gasteiger partial charge in [0.25, 0.3) is 0 Å². The van der Waals surface area contributed by atoms with Crippen LogP contribution in [0.25, 0.3) is 0 Å². The van der Waals surface area contributed by atoms with Crippen molar-refractivity contribution in [2.75, 3.05) is 53.5 Å². The second-order valence-corrected chi connectivity index (χ2v) is 15.6. The lowest BCUT2D eigenvalue weighted by Crippen LogP contribution is -3.00. The first-order chi connectivity index (χ1) is 23.5. The summed E-state index contributed by atoms with van der Waals surface area (Å²) in [6, 6.07) is 33.0. The molecule has 0 aliphatic carbocycles. The van der Waals surface area contributed by atoms with Crippen LogP contribution in [0.2, 0.25) is 0 Å². The van der Waals surface area contributed by atoms with E-state index in [4.69, 9.17) is 9.47 Å². The van der Waals surface area contributed by atoms with E-state index in [-0.39, 0.29) is 48.0 Å². The van der Waals surface area contributed by atoms with Crippen molar-refractivity contribution in [2.24, 2.45) is 0 Å². The molecular formula is C44H54I2N2O2. The molecule has 0 saturated carbocycles. The molecule has 4 aliphatic rings. The van der Waals surface area contributed by atoms with E-state index in [1.54, 1.807) is 0 Å². The molecule has 6 heteroatoms. The van der Waals surface area contributed by atoms with Crippen LogP contribution in [-0.2, 0) is 25.7 Å². The maximum atomic E-state index is 6.26. The van der Waals surface area contributed by atoms with Gasteiger partial charge in [0.05, 0.1) is 53.5 Å². The van der Waals surface area contributed by atoms with Crippen LogP contribution in [0.5, 0.6) is 11.5 Å². The molecule has 4 nitrogen and oxygen atoms in total. The Morgan fingerprint density at radius 2 is 0.820 bits per heavy atom. The zero-order chi connectivity index (χ0) is 32.6. The fraction of sp³-hybridized carbons (Fsp3) is 0.455. The van der Waals surface area contributed by atoms with Gasteiger partial charge in [0.1, 0.15) is 23.6 Å². The van der Waals surface area contributed by atoms with Gasteiger partial charge in [-0.3, -0.25) is 0 Å². The Labute approximate surface area is 334 Å². The topological polar surface area (TPSA) is 18.5 Å². The van der Waals surface area contributed by atoms with Gasteiger partial charge in [0.2, 0.25) is 0 Å². The summed E-state index contributed by atoms with van der Waals surface area (Å²) in [6.45, 7) is 6.51. The summed E-state index contributed by atoms with van der Waals surface area (Å²) in [5, 5.41) is 0. The number of unbranched alkanes of at least 4 members (excludes halogenated alkanes) is 5. The Morgan fingerprint density at radius 3 is 1.26 bits per heavy atom. The molecule has 50 heavy (non-hydrogen) atoms. The minimum Gasteiger partial charge on any atom is -1.00 e. The van der Waals surface area contributed by atoms with E-state index in [0.29, 0.717) is 12.1 Å². The summed E-state index contributed by atoms with van der Waals surface area (Å²) in [7, 11) is 4.92. The number of hydrogen-bond donors (Lipinski definition) is 0. The highest BCUT2D eigenvalue weighted by atomic mass is 127. The van der Waals surface area contributed by atoms with E-state index in [1.165, 1.54) is 109 Å². The number of likely N-dealkylation sites (N-methyl/N-ethyl adjacent to an activating group) is 2. The van der Waals surface area contributed by atoms with Gasteiger partial charge in [-0.25, -0.2) is 0 Å². The highest BCUT2D eigenvalue weighted by Crippen LogP contribution is 2.46. The molecule has 266 valence electrons. The first-order valence-corrected chi connectivity index (χ1v) is 18.9. The van der Waals surface area contributed by atoms with Crippen molar-refractivity contribution in [2.45, 2.75) is 76.3 Å². The Bertz CT molecular complexity index is 1650. The smallest absolute Gasteiger partial charge is 0.141 e. The average Bonchev–Trinajstić information content (AvgIpc) is 3.11. The van der Waals surface area contributed by atoms with E-state index < -0.39 is 0 Å². The Morgan fingerprint density at radius 1 is 0.460 bits per heavy atom. The molecule has 0 spiro atoms. The number of rotatable bonds is 11. The Kier molecular flexibility index (Phi) is 12.2. The first-order valence-electron chi connectivity index (χ1n) is 18.9. The molecule has 0 aromatic heterocycles. The van der Waals surface area contributed by atoms with Gasteiger partial charge in [-0.2, -0.15) is 0 Å². The number of hydrogen-bond acceptors (Lipinski definition) is 2. The summed E-state index contributed by atoms with van der Waals surface area (Å²) >= 11 is 0. The third-order valence-electron chi connectivity index (χ3n) is 12.4. The van der Waals surface area contributed by atoms with E-state index in [1.807, 2.05) is 0 Å². The minimum atomic E-state index is 0. The molecule has 4 heterocycles. The predicted molar refractivity (Wildman–Crippen MR) is 195 cm³/mol. The summed E-state index contributed by atoms with van der Waals surface area (Å²) in [5.74, 6) is 2.09. The second-order valence-electron chi connectivity index (χ2n) is 15.6. The van der Waals surface area contributed by atoms with E-state index in [2.05, 4.69) is 99.0 Å². The highest BCUT2D eigenvalue weighted by Gasteiger charge is 2.45. The quantitative estimate of drug-likeness (QED) is 0.131. The molecule has 0 bridgehead atoms. The zero-order valence-corrected chi connectivity index (χ0v) is 34.3. The average molecular weight is 897 g/mol. The lowest BCUT2D eigenvalue weighted by atomic mass is 9.81. The van der Waals surface area contributed by atoms with Gasteiger partial charge >= 0.3 is 0 Å². The molecular weight excluding hydrogens is 842 g/mol. The zero-order valence-electron chi connectivity index (χ0n) is 30.0. The number of halogens is 2. The third-order valence-corrected chi connectivity index (χ3v) is 12.4. The normalized spacial score (nSPS) is 24.0. The van der Waals surface area contributed by atoms with Crippen LogP contribution in [0.4, 0.5) is 0 Å². The minimum absolute atomic E-state index is 0. The Balaban J connectivity index is 0.00000216. The van der Waals surface area contributed by atoms with Crippen molar-refractivity contribution in [3.05, 3.63) is 129 Å². The fourth-order valence-corrected chi connectivity index (χ4v) is 9.58. The van der Waals surface area contributed by atoms with Crippen molar-refractivity contribution >= 4 is 0 Å². The summed E-state index contributed by atoms with van der Waals surface area (Å²) in [6.07, 6.45) is 11.9. The van der Waals surface area contributed by atoms with Crippen LogP contribution in [0.3, 0.4) is 0 Å². The molecule has 4 aromatic carbocycles. The van der Waals surface area contributed by atoms with E-state index >= 15 is 0 Å². The standard InChI is InChI=1S/C44H54N2O2.2HI/c1-45-25-21-33-13-7-9-15-39(33)43(45)41-19-17-37(31-35(41)23-27-45)47-29-11-5-3-4-6-12-30-48-38-18-20-42-36(32-38)24-28-46(2)26-22-34-14-8-10-16-40(34)44(42)46;;/h7-10,13-20,31-32,43-44H,3-6,11-12,21-30H2,1-2H3;2*1H/q+2;;/p-2. The molecule has 0 radical (unpaired) electrons. The van der Waals surface area contributed by atoms with E-state index in [9.17, 15) is 0 Å². The molecule has 4 unspecified atom stereocenters. The van der Waals surface area contributed by atoms with Crippen LogP contribution >= 0.6 is 0 Å². The third kappa shape index (κ3) is 7.51. The number of fused-ring (bicyclic) bond motifs is 10. The van der Waals surface area contributed by atoms with Gasteiger partial charge in [-0.05, 0) is 71.5 Å². The summed E-state index contributed by atoms with van der Waals surface area (Å²) < 4.78 is 14.8. The molecule has 4 atom stereocenters. The number of ether oxygens (including phenoxy) is 2. The van der Waals surface area contributed by atoms with Crippen LogP contribution in [-0.4, -0.2) is 62.5 Å².